The molecule has 0 radical (unpaired) electrons. The Kier molecular flexibility index (Phi) is 4.77. The predicted octanol–water partition coefficient (Wildman–Crippen LogP) is 4.62. The van der Waals surface area contributed by atoms with E-state index < -0.39 is 6.10 Å². The van der Waals surface area contributed by atoms with Gasteiger partial charge in [0, 0.05) is 11.6 Å². The summed E-state index contributed by atoms with van der Waals surface area (Å²) in [6, 6.07) is 3.43. The van der Waals surface area contributed by atoms with Gasteiger partial charge in [-0.3, -0.25) is 0 Å². The van der Waals surface area contributed by atoms with Gasteiger partial charge in [-0.15, -0.1) is 0 Å². The van der Waals surface area contributed by atoms with Gasteiger partial charge in [-0.1, -0.05) is 36.0 Å². The molecule has 0 heterocycles. The van der Waals surface area contributed by atoms with Crippen molar-refractivity contribution in [3.63, 3.8) is 0 Å². The van der Waals surface area contributed by atoms with Gasteiger partial charge in [0.1, 0.15) is 5.75 Å². The van der Waals surface area contributed by atoms with E-state index in [0.29, 0.717) is 28.3 Å². The molecule has 1 aromatic carbocycles. The fraction of sp³-hybridized carbons (Fsp3) is 0.571. The van der Waals surface area contributed by atoms with Crippen LogP contribution in [0.2, 0.25) is 10.0 Å². The Morgan fingerprint density at radius 3 is 2.56 bits per heavy atom. The van der Waals surface area contributed by atoms with Crippen LogP contribution in [0.4, 0.5) is 0 Å². The Hall–Kier alpha value is -0.440. The van der Waals surface area contributed by atoms with E-state index in [1.165, 1.54) is 12.8 Å². The highest BCUT2D eigenvalue weighted by Gasteiger charge is 2.26. The highest BCUT2D eigenvalue weighted by molar-refractivity contribution is 6.34. The molecule has 1 saturated carbocycles. The maximum atomic E-state index is 10.4. The molecule has 1 aromatic rings. The summed E-state index contributed by atoms with van der Waals surface area (Å²) in [7, 11) is 0. The van der Waals surface area contributed by atoms with Crippen molar-refractivity contribution in [1.82, 2.24) is 0 Å². The molecule has 1 N–H and O–H groups in total. The third-order valence-electron chi connectivity index (χ3n) is 3.52. The molecule has 0 bridgehead atoms. The number of ether oxygens (including phenoxy) is 1. The van der Waals surface area contributed by atoms with Gasteiger partial charge in [0.15, 0.2) is 0 Å². The molecule has 1 atom stereocenters. The van der Waals surface area contributed by atoms with Gasteiger partial charge in [-0.2, -0.15) is 0 Å². The standard InChI is InChI=1S/C14H18Cl2O2/c1-2-18-13-8-11(15)10(7-12(13)16)14(17)9-5-3-4-6-9/h7-9,14,17H,2-6H2,1H3. The molecule has 0 amide bonds. The van der Waals surface area contributed by atoms with Crippen LogP contribution in [0.3, 0.4) is 0 Å². The fourth-order valence-corrected chi connectivity index (χ4v) is 3.06. The minimum Gasteiger partial charge on any atom is -0.492 e. The molecule has 1 aliphatic carbocycles. The number of aliphatic hydroxyl groups is 1. The average Bonchev–Trinajstić information content (AvgIpc) is 2.86. The topological polar surface area (TPSA) is 29.5 Å². The lowest BCUT2D eigenvalue weighted by Gasteiger charge is -2.20. The highest BCUT2D eigenvalue weighted by atomic mass is 35.5. The molecule has 0 aromatic heterocycles. The van der Waals surface area contributed by atoms with Gasteiger partial charge in [0.25, 0.3) is 0 Å². The van der Waals surface area contributed by atoms with Gasteiger partial charge < -0.3 is 9.84 Å². The van der Waals surface area contributed by atoms with E-state index in [4.69, 9.17) is 27.9 Å². The Bertz CT molecular complexity index is 415. The Balaban J connectivity index is 2.24. The molecule has 1 unspecified atom stereocenters. The summed E-state index contributed by atoms with van der Waals surface area (Å²) in [5.41, 5.74) is 0.719. The Labute approximate surface area is 118 Å². The lowest BCUT2D eigenvalue weighted by Crippen LogP contribution is -2.09. The summed E-state index contributed by atoms with van der Waals surface area (Å²) >= 11 is 12.3. The average molecular weight is 289 g/mol. The summed E-state index contributed by atoms with van der Waals surface area (Å²) in [6.45, 7) is 2.44. The molecule has 18 heavy (non-hydrogen) atoms. The molecular formula is C14H18Cl2O2. The van der Waals surface area contributed by atoms with E-state index in [-0.39, 0.29) is 0 Å². The number of aliphatic hydroxyl groups excluding tert-OH is 1. The molecule has 4 heteroatoms. The molecule has 1 fully saturated rings. The van der Waals surface area contributed by atoms with Crippen LogP contribution in [-0.4, -0.2) is 11.7 Å². The van der Waals surface area contributed by atoms with E-state index in [1.807, 2.05) is 6.92 Å². The van der Waals surface area contributed by atoms with Crippen molar-refractivity contribution < 1.29 is 9.84 Å². The molecule has 2 nitrogen and oxygen atoms in total. The summed E-state index contributed by atoms with van der Waals surface area (Å²) in [5.74, 6) is 0.878. The second kappa shape index (κ2) is 6.14. The smallest absolute Gasteiger partial charge is 0.139 e. The number of benzene rings is 1. The van der Waals surface area contributed by atoms with Crippen LogP contribution >= 0.6 is 23.2 Å². The van der Waals surface area contributed by atoms with Gasteiger partial charge in [-0.25, -0.2) is 0 Å². The van der Waals surface area contributed by atoms with Crippen LogP contribution < -0.4 is 4.74 Å². The first-order valence-corrected chi connectivity index (χ1v) is 7.19. The van der Waals surface area contributed by atoms with Crippen LogP contribution in [0.5, 0.6) is 5.75 Å². The van der Waals surface area contributed by atoms with Gasteiger partial charge >= 0.3 is 0 Å². The highest BCUT2D eigenvalue weighted by Crippen LogP contribution is 2.41. The minimum atomic E-state index is -0.520. The molecular weight excluding hydrogens is 271 g/mol. The number of rotatable bonds is 4. The third-order valence-corrected chi connectivity index (χ3v) is 4.14. The van der Waals surface area contributed by atoms with Crippen LogP contribution in [0.25, 0.3) is 0 Å². The zero-order valence-electron chi connectivity index (χ0n) is 10.5. The van der Waals surface area contributed by atoms with Crippen LogP contribution in [-0.2, 0) is 0 Å². The molecule has 100 valence electrons. The zero-order chi connectivity index (χ0) is 13.1. The van der Waals surface area contributed by atoms with E-state index in [9.17, 15) is 5.11 Å². The monoisotopic (exact) mass is 288 g/mol. The van der Waals surface area contributed by atoms with Crippen LogP contribution in [0.1, 0.15) is 44.3 Å². The van der Waals surface area contributed by atoms with Crippen molar-refractivity contribution in [3.05, 3.63) is 27.7 Å². The molecule has 0 saturated heterocycles. The first kappa shape index (κ1) is 14.0. The summed E-state index contributed by atoms with van der Waals surface area (Å²) in [5, 5.41) is 11.4. The molecule has 1 aliphatic rings. The second-order valence-corrected chi connectivity index (χ2v) is 5.54. The first-order valence-electron chi connectivity index (χ1n) is 6.43. The van der Waals surface area contributed by atoms with Gasteiger partial charge in [0.05, 0.1) is 22.8 Å². The van der Waals surface area contributed by atoms with Gasteiger partial charge in [0.2, 0.25) is 0 Å². The predicted molar refractivity (Wildman–Crippen MR) is 74.5 cm³/mol. The van der Waals surface area contributed by atoms with Crippen molar-refractivity contribution in [2.75, 3.05) is 6.61 Å². The minimum absolute atomic E-state index is 0.302. The van der Waals surface area contributed by atoms with Crippen molar-refractivity contribution >= 4 is 23.2 Å². The van der Waals surface area contributed by atoms with E-state index in [1.54, 1.807) is 12.1 Å². The molecule has 0 spiro atoms. The normalized spacial score (nSPS) is 18.0. The number of halogens is 2. The van der Waals surface area contributed by atoms with Crippen molar-refractivity contribution in [2.45, 2.75) is 38.7 Å². The maximum absolute atomic E-state index is 10.4. The molecule has 0 aliphatic heterocycles. The summed E-state index contributed by atoms with van der Waals surface area (Å²) in [6.07, 6.45) is 3.96. The number of hydrogen-bond donors (Lipinski definition) is 1. The van der Waals surface area contributed by atoms with Crippen molar-refractivity contribution in [2.24, 2.45) is 5.92 Å². The van der Waals surface area contributed by atoms with Gasteiger partial charge in [-0.05, 0) is 31.7 Å². The van der Waals surface area contributed by atoms with Crippen LogP contribution in [0, 0.1) is 5.92 Å². The van der Waals surface area contributed by atoms with Crippen LogP contribution in [0.15, 0.2) is 12.1 Å². The zero-order valence-corrected chi connectivity index (χ0v) is 12.0. The first-order chi connectivity index (χ1) is 8.63. The third kappa shape index (κ3) is 2.93. The van der Waals surface area contributed by atoms with E-state index in [0.717, 1.165) is 18.4 Å². The summed E-state index contributed by atoms with van der Waals surface area (Å²) < 4.78 is 5.38. The van der Waals surface area contributed by atoms with Crippen molar-refractivity contribution in [3.8, 4) is 5.75 Å². The second-order valence-electron chi connectivity index (χ2n) is 4.73. The summed E-state index contributed by atoms with van der Waals surface area (Å²) in [4.78, 5) is 0. The molecule has 2 rings (SSSR count). The lowest BCUT2D eigenvalue weighted by molar-refractivity contribution is 0.111. The Morgan fingerprint density at radius 1 is 1.28 bits per heavy atom. The maximum Gasteiger partial charge on any atom is 0.139 e. The fourth-order valence-electron chi connectivity index (χ4n) is 2.56. The van der Waals surface area contributed by atoms with Crippen molar-refractivity contribution in [1.29, 1.82) is 0 Å². The lowest BCUT2D eigenvalue weighted by atomic mass is 9.94. The SMILES string of the molecule is CCOc1cc(Cl)c(C(O)C2CCCC2)cc1Cl. The van der Waals surface area contributed by atoms with E-state index in [2.05, 4.69) is 0 Å². The quantitative estimate of drug-likeness (QED) is 0.876. The van der Waals surface area contributed by atoms with E-state index >= 15 is 0 Å². The number of hydrogen-bond acceptors (Lipinski definition) is 2. The largest absolute Gasteiger partial charge is 0.492 e. The Morgan fingerprint density at radius 2 is 1.94 bits per heavy atom.